The van der Waals surface area contributed by atoms with E-state index in [0.29, 0.717) is 31.3 Å². The molecule has 0 spiro atoms. The summed E-state index contributed by atoms with van der Waals surface area (Å²) in [4.78, 5) is 17.8. The number of amides is 1. The minimum absolute atomic E-state index is 0.136. The molecule has 116 valence electrons. The number of ether oxygens (including phenoxy) is 2. The molecule has 2 heterocycles. The molecule has 0 saturated carbocycles. The Kier molecular flexibility index (Phi) is 4.34. The van der Waals surface area contributed by atoms with Gasteiger partial charge in [-0.2, -0.15) is 4.98 Å². The minimum atomic E-state index is -0.370. The van der Waals surface area contributed by atoms with Crippen molar-refractivity contribution in [3.63, 3.8) is 0 Å². The van der Waals surface area contributed by atoms with Crippen LogP contribution in [-0.2, 0) is 22.4 Å². The first-order valence-electron chi connectivity index (χ1n) is 7.06. The van der Waals surface area contributed by atoms with Gasteiger partial charge in [-0.05, 0) is 5.56 Å². The molecule has 7 nitrogen and oxygen atoms in total. The Morgan fingerprint density at radius 1 is 1.36 bits per heavy atom. The van der Waals surface area contributed by atoms with Gasteiger partial charge in [0.2, 0.25) is 5.89 Å². The quantitative estimate of drug-likeness (QED) is 0.811. The Morgan fingerprint density at radius 2 is 2.18 bits per heavy atom. The van der Waals surface area contributed by atoms with Gasteiger partial charge >= 0.3 is 6.09 Å². The van der Waals surface area contributed by atoms with E-state index < -0.39 is 0 Å². The highest BCUT2D eigenvalue weighted by Gasteiger charge is 2.35. The highest BCUT2D eigenvalue weighted by Crippen LogP contribution is 2.28. The fourth-order valence-corrected chi connectivity index (χ4v) is 2.37. The SMILES string of the molecule is COCCc1noc(CN2C(=O)OCC2c2ccccc2)n1. The maximum atomic E-state index is 11.9. The normalized spacial score (nSPS) is 17.8. The summed E-state index contributed by atoms with van der Waals surface area (Å²) in [6, 6.07) is 9.61. The zero-order chi connectivity index (χ0) is 15.4. The third-order valence-electron chi connectivity index (χ3n) is 3.51. The van der Waals surface area contributed by atoms with E-state index in [4.69, 9.17) is 14.0 Å². The molecule has 1 aromatic heterocycles. The zero-order valence-corrected chi connectivity index (χ0v) is 12.3. The van der Waals surface area contributed by atoms with Crippen LogP contribution in [0.3, 0.4) is 0 Å². The predicted octanol–water partition coefficient (Wildman–Crippen LogP) is 1.95. The number of hydrogen-bond donors (Lipinski definition) is 0. The fourth-order valence-electron chi connectivity index (χ4n) is 2.37. The summed E-state index contributed by atoms with van der Waals surface area (Å²) in [7, 11) is 1.62. The van der Waals surface area contributed by atoms with Crippen molar-refractivity contribution in [2.24, 2.45) is 0 Å². The maximum Gasteiger partial charge on any atom is 0.410 e. The first-order chi connectivity index (χ1) is 10.8. The van der Waals surface area contributed by atoms with E-state index in [1.54, 1.807) is 12.0 Å². The second-order valence-corrected chi connectivity index (χ2v) is 4.98. The lowest BCUT2D eigenvalue weighted by atomic mass is 10.1. The van der Waals surface area contributed by atoms with Gasteiger partial charge < -0.3 is 14.0 Å². The van der Waals surface area contributed by atoms with Crippen molar-refractivity contribution in [2.75, 3.05) is 20.3 Å². The lowest BCUT2D eigenvalue weighted by molar-refractivity contribution is 0.152. The van der Waals surface area contributed by atoms with E-state index in [1.807, 2.05) is 30.3 Å². The number of cyclic esters (lactones) is 1. The molecule has 1 aliphatic rings. The van der Waals surface area contributed by atoms with Gasteiger partial charge in [0.25, 0.3) is 0 Å². The van der Waals surface area contributed by atoms with Gasteiger partial charge in [0.1, 0.15) is 13.2 Å². The summed E-state index contributed by atoms with van der Waals surface area (Å²) < 4.78 is 15.3. The first kappa shape index (κ1) is 14.5. The van der Waals surface area contributed by atoms with Gasteiger partial charge in [0, 0.05) is 13.5 Å². The van der Waals surface area contributed by atoms with Gasteiger partial charge in [-0.15, -0.1) is 0 Å². The van der Waals surface area contributed by atoms with Crippen LogP contribution >= 0.6 is 0 Å². The summed E-state index contributed by atoms with van der Waals surface area (Å²) in [5, 5.41) is 3.87. The molecule has 1 unspecified atom stereocenters. The molecule has 1 aromatic carbocycles. The Bertz CT molecular complexity index is 629. The Hall–Kier alpha value is -2.41. The number of rotatable bonds is 6. The van der Waals surface area contributed by atoms with E-state index in [2.05, 4.69) is 10.1 Å². The Morgan fingerprint density at radius 3 is 2.95 bits per heavy atom. The molecular formula is C15H17N3O4. The highest BCUT2D eigenvalue weighted by molar-refractivity contribution is 5.70. The molecule has 22 heavy (non-hydrogen) atoms. The molecule has 1 aliphatic heterocycles. The van der Waals surface area contributed by atoms with Crippen LogP contribution in [0.1, 0.15) is 23.3 Å². The molecule has 2 aromatic rings. The van der Waals surface area contributed by atoms with Crippen LogP contribution in [-0.4, -0.2) is 41.5 Å². The van der Waals surface area contributed by atoms with E-state index in [-0.39, 0.29) is 18.7 Å². The average molecular weight is 303 g/mol. The molecule has 1 amide bonds. The lowest BCUT2D eigenvalue weighted by Gasteiger charge is -2.19. The standard InChI is InChI=1S/C15H17N3O4/c1-20-8-7-13-16-14(22-17-13)9-18-12(10-21-15(18)19)11-5-3-2-4-6-11/h2-6,12H,7-10H2,1H3. The first-order valence-corrected chi connectivity index (χ1v) is 7.06. The number of aromatic nitrogens is 2. The molecule has 1 fully saturated rings. The summed E-state index contributed by atoms with van der Waals surface area (Å²) in [5.74, 6) is 0.964. The second-order valence-electron chi connectivity index (χ2n) is 4.98. The van der Waals surface area contributed by atoms with Crippen LogP contribution in [0.4, 0.5) is 4.79 Å². The highest BCUT2D eigenvalue weighted by atomic mass is 16.6. The fraction of sp³-hybridized carbons (Fsp3) is 0.400. The van der Waals surface area contributed by atoms with E-state index >= 15 is 0 Å². The number of benzene rings is 1. The van der Waals surface area contributed by atoms with Crippen LogP contribution in [0.25, 0.3) is 0 Å². The van der Waals surface area contributed by atoms with Crippen LogP contribution < -0.4 is 0 Å². The molecule has 1 atom stereocenters. The van der Waals surface area contributed by atoms with Crippen molar-refractivity contribution < 1.29 is 18.8 Å². The summed E-state index contributed by atoms with van der Waals surface area (Å²) >= 11 is 0. The van der Waals surface area contributed by atoms with Crippen molar-refractivity contribution in [2.45, 2.75) is 19.0 Å². The van der Waals surface area contributed by atoms with Crippen molar-refractivity contribution in [1.29, 1.82) is 0 Å². The smallest absolute Gasteiger partial charge is 0.410 e. The van der Waals surface area contributed by atoms with Crippen LogP contribution in [0.2, 0.25) is 0 Å². The van der Waals surface area contributed by atoms with Crippen molar-refractivity contribution in [1.82, 2.24) is 15.0 Å². The monoisotopic (exact) mass is 303 g/mol. The molecule has 7 heteroatoms. The second kappa shape index (κ2) is 6.57. The summed E-state index contributed by atoms with van der Waals surface area (Å²) in [6.45, 7) is 1.09. The summed E-state index contributed by atoms with van der Waals surface area (Å²) in [5.41, 5.74) is 1.02. The zero-order valence-electron chi connectivity index (χ0n) is 12.3. The van der Waals surface area contributed by atoms with Gasteiger partial charge in [-0.1, -0.05) is 35.5 Å². The van der Waals surface area contributed by atoms with Crippen LogP contribution in [0.15, 0.2) is 34.9 Å². The molecule has 1 saturated heterocycles. The van der Waals surface area contributed by atoms with Crippen molar-refractivity contribution in [3.8, 4) is 0 Å². The molecular weight excluding hydrogens is 286 g/mol. The third kappa shape index (κ3) is 3.09. The maximum absolute atomic E-state index is 11.9. The Labute approximate surface area is 127 Å². The van der Waals surface area contributed by atoms with E-state index in [9.17, 15) is 4.79 Å². The van der Waals surface area contributed by atoms with Crippen molar-refractivity contribution in [3.05, 3.63) is 47.6 Å². The Balaban J connectivity index is 1.72. The van der Waals surface area contributed by atoms with Crippen molar-refractivity contribution >= 4 is 6.09 Å². The van der Waals surface area contributed by atoms with Crippen LogP contribution in [0.5, 0.6) is 0 Å². The van der Waals surface area contributed by atoms with Gasteiger partial charge in [-0.25, -0.2) is 4.79 Å². The molecule has 0 aliphatic carbocycles. The lowest BCUT2D eigenvalue weighted by Crippen LogP contribution is -2.27. The van der Waals surface area contributed by atoms with Gasteiger partial charge in [0.15, 0.2) is 5.82 Å². The van der Waals surface area contributed by atoms with Gasteiger partial charge in [0.05, 0.1) is 12.6 Å². The predicted molar refractivity (Wildman–Crippen MR) is 76.0 cm³/mol. The third-order valence-corrected chi connectivity index (χ3v) is 3.51. The molecule has 0 N–H and O–H groups in total. The van der Waals surface area contributed by atoms with E-state index in [0.717, 1.165) is 5.56 Å². The average Bonchev–Trinajstić information content (AvgIpc) is 3.14. The summed E-state index contributed by atoms with van der Waals surface area (Å²) in [6.07, 6.45) is 0.206. The van der Waals surface area contributed by atoms with Gasteiger partial charge in [-0.3, -0.25) is 4.90 Å². The number of nitrogens with zero attached hydrogens (tertiary/aromatic N) is 3. The molecule has 0 radical (unpaired) electrons. The van der Waals surface area contributed by atoms with E-state index in [1.165, 1.54) is 0 Å². The largest absolute Gasteiger partial charge is 0.447 e. The molecule has 0 bridgehead atoms. The topological polar surface area (TPSA) is 77.7 Å². The molecule has 3 rings (SSSR count). The van der Waals surface area contributed by atoms with Crippen LogP contribution in [0, 0.1) is 0 Å². The minimum Gasteiger partial charge on any atom is -0.447 e. The number of methoxy groups -OCH3 is 1. The number of carbonyl (C=O) groups is 1. The number of hydrogen-bond acceptors (Lipinski definition) is 6. The number of carbonyl (C=O) groups excluding carboxylic acids is 1.